The molecule has 21 heavy (non-hydrogen) atoms. The van der Waals surface area contributed by atoms with Gasteiger partial charge in [0, 0.05) is 5.20 Å². The van der Waals surface area contributed by atoms with E-state index < -0.39 is 8.32 Å². The zero-order valence-electron chi connectivity index (χ0n) is 13.1. The topological polar surface area (TPSA) is 26.3 Å². The number of carbonyl (C=O) groups excluding carboxylic acids is 1. The zero-order valence-corrected chi connectivity index (χ0v) is 14.1. The lowest BCUT2D eigenvalue weighted by atomic mass is 10.1. The van der Waals surface area contributed by atoms with Crippen LogP contribution in [0.15, 0.2) is 47.7 Å². The lowest BCUT2D eigenvalue weighted by Gasteiger charge is -2.37. The normalized spacial score (nSPS) is 21.3. The molecule has 0 aliphatic carbocycles. The van der Waals surface area contributed by atoms with Gasteiger partial charge in [0.25, 0.3) is 0 Å². The van der Waals surface area contributed by atoms with E-state index in [0.717, 1.165) is 23.7 Å². The molecule has 2 rings (SSSR count). The summed E-state index contributed by atoms with van der Waals surface area (Å²) in [6, 6.07) is 12.2. The van der Waals surface area contributed by atoms with Crippen molar-refractivity contribution in [1.82, 2.24) is 0 Å². The van der Waals surface area contributed by atoms with Gasteiger partial charge in [-0.15, -0.1) is 0 Å². The Kier molecular flexibility index (Phi) is 5.31. The first-order valence-corrected chi connectivity index (χ1v) is 10.1. The van der Waals surface area contributed by atoms with Crippen molar-refractivity contribution >= 4 is 20.2 Å². The van der Waals surface area contributed by atoms with Crippen LogP contribution in [0.2, 0.25) is 12.1 Å². The smallest absolute Gasteiger partial charge is 0.227 e. The molecular weight excluding hydrogens is 276 g/mol. The Morgan fingerprint density at radius 3 is 2.52 bits per heavy atom. The van der Waals surface area contributed by atoms with Crippen LogP contribution in [-0.2, 0) is 9.22 Å². The van der Waals surface area contributed by atoms with Gasteiger partial charge in [-0.1, -0.05) is 62.4 Å². The van der Waals surface area contributed by atoms with E-state index in [2.05, 4.69) is 44.2 Å². The highest BCUT2D eigenvalue weighted by Gasteiger charge is 2.41. The SMILES string of the molecule is CC[Si]1(CC)OC(/C=C/c2ccccc2)CC=C1C(C)=O. The summed E-state index contributed by atoms with van der Waals surface area (Å²) in [5.74, 6) is 0.191. The highest BCUT2D eigenvalue weighted by atomic mass is 28.4. The number of allylic oxidation sites excluding steroid dienone is 1. The number of benzene rings is 1. The standard InChI is InChI=1S/C18H24O2Si/c1-4-21(5-2)18(15(3)19)14-13-17(20-21)12-11-16-9-7-6-8-10-16/h6-12,14,17H,4-5,13H2,1-3H3/b12-11+. The molecule has 0 saturated carbocycles. The lowest BCUT2D eigenvalue weighted by Crippen LogP contribution is -2.47. The number of hydrogen-bond donors (Lipinski definition) is 0. The van der Waals surface area contributed by atoms with Crippen LogP contribution < -0.4 is 0 Å². The van der Waals surface area contributed by atoms with Gasteiger partial charge in [0.15, 0.2) is 5.78 Å². The Morgan fingerprint density at radius 1 is 1.29 bits per heavy atom. The van der Waals surface area contributed by atoms with Crippen molar-refractivity contribution in [2.75, 3.05) is 0 Å². The summed E-state index contributed by atoms with van der Waals surface area (Å²) < 4.78 is 6.43. The molecule has 1 aromatic carbocycles. The highest BCUT2D eigenvalue weighted by Crippen LogP contribution is 2.33. The second-order valence-electron chi connectivity index (χ2n) is 5.54. The van der Waals surface area contributed by atoms with Gasteiger partial charge in [-0.2, -0.15) is 0 Å². The number of rotatable bonds is 5. The molecule has 1 aromatic rings. The molecule has 0 aromatic heterocycles. The molecule has 0 spiro atoms. The Hall–Kier alpha value is -1.45. The van der Waals surface area contributed by atoms with Gasteiger partial charge >= 0.3 is 0 Å². The fourth-order valence-electron chi connectivity index (χ4n) is 2.98. The molecule has 0 saturated heterocycles. The van der Waals surface area contributed by atoms with Gasteiger partial charge in [0.2, 0.25) is 8.32 Å². The Balaban J connectivity index is 2.19. The molecule has 2 nitrogen and oxygen atoms in total. The van der Waals surface area contributed by atoms with Crippen molar-refractivity contribution in [3.63, 3.8) is 0 Å². The van der Waals surface area contributed by atoms with E-state index >= 15 is 0 Å². The Morgan fingerprint density at radius 2 is 1.95 bits per heavy atom. The molecule has 1 aliphatic heterocycles. The van der Waals surface area contributed by atoms with E-state index in [1.807, 2.05) is 18.2 Å². The predicted molar refractivity (Wildman–Crippen MR) is 90.4 cm³/mol. The van der Waals surface area contributed by atoms with Crippen LogP contribution in [0, 0.1) is 0 Å². The summed E-state index contributed by atoms with van der Waals surface area (Å²) in [4.78, 5) is 11.9. The summed E-state index contributed by atoms with van der Waals surface area (Å²) in [6.45, 7) is 5.97. The largest absolute Gasteiger partial charge is 0.406 e. The zero-order chi connectivity index (χ0) is 15.3. The molecule has 1 atom stereocenters. The van der Waals surface area contributed by atoms with E-state index in [-0.39, 0.29) is 11.9 Å². The molecule has 1 aliphatic rings. The average Bonchev–Trinajstić information content (AvgIpc) is 2.53. The monoisotopic (exact) mass is 300 g/mol. The second-order valence-corrected chi connectivity index (χ2v) is 9.71. The molecule has 0 bridgehead atoms. The molecule has 3 heteroatoms. The van der Waals surface area contributed by atoms with Gasteiger partial charge in [0.05, 0.1) is 6.10 Å². The van der Waals surface area contributed by atoms with Crippen molar-refractivity contribution in [2.45, 2.75) is 45.4 Å². The van der Waals surface area contributed by atoms with E-state index in [1.165, 1.54) is 5.56 Å². The van der Waals surface area contributed by atoms with Crippen LogP contribution in [0.1, 0.15) is 32.8 Å². The summed E-state index contributed by atoms with van der Waals surface area (Å²) in [6.07, 6.45) is 7.27. The lowest BCUT2D eigenvalue weighted by molar-refractivity contribution is -0.113. The predicted octanol–water partition coefficient (Wildman–Crippen LogP) is 4.53. The van der Waals surface area contributed by atoms with Gasteiger partial charge in [-0.05, 0) is 31.0 Å². The van der Waals surface area contributed by atoms with E-state index in [9.17, 15) is 4.79 Å². The number of carbonyl (C=O) groups is 1. The van der Waals surface area contributed by atoms with Crippen molar-refractivity contribution in [3.8, 4) is 0 Å². The van der Waals surface area contributed by atoms with Crippen molar-refractivity contribution in [1.29, 1.82) is 0 Å². The number of hydrogen-bond acceptors (Lipinski definition) is 2. The van der Waals surface area contributed by atoms with Crippen molar-refractivity contribution in [2.24, 2.45) is 0 Å². The first-order valence-electron chi connectivity index (χ1n) is 7.74. The van der Waals surface area contributed by atoms with Gasteiger partial charge in [-0.25, -0.2) is 0 Å². The second kappa shape index (κ2) is 7.01. The summed E-state index contributed by atoms with van der Waals surface area (Å²) in [5, 5.41) is 0.983. The van der Waals surface area contributed by atoms with Crippen molar-refractivity contribution in [3.05, 3.63) is 53.2 Å². The maximum Gasteiger partial charge on any atom is 0.227 e. The molecule has 0 radical (unpaired) electrons. The van der Waals surface area contributed by atoms with E-state index in [4.69, 9.17) is 4.43 Å². The maximum atomic E-state index is 11.9. The summed E-state index contributed by atoms with van der Waals surface area (Å²) in [5.41, 5.74) is 1.18. The Labute approximate surface area is 128 Å². The van der Waals surface area contributed by atoms with Gasteiger partial charge in [0.1, 0.15) is 0 Å². The van der Waals surface area contributed by atoms with Crippen LogP contribution in [-0.4, -0.2) is 20.2 Å². The quantitative estimate of drug-likeness (QED) is 0.747. The molecule has 1 heterocycles. The first kappa shape index (κ1) is 15.9. The minimum atomic E-state index is -2.06. The molecule has 0 N–H and O–H groups in total. The van der Waals surface area contributed by atoms with Crippen LogP contribution in [0.4, 0.5) is 0 Å². The minimum absolute atomic E-state index is 0.0971. The third-order valence-corrected chi connectivity index (χ3v) is 8.82. The third kappa shape index (κ3) is 3.60. The van der Waals surface area contributed by atoms with Crippen LogP contribution in [0.25, 0.3) is 6.08 Å². The first-order chi connectivity index (χ1) is 10.1. The fraction of sp³-hybridized carbons (Fsp3) is 0.389. The maximum absolute atomic E-state index is 11.9. The highest BCUT2D eigenvalue weighted by molar-refractivity contribution is 6.85. The third-order valence-electron chi connectivity index (χ3n) is 4.25. The van der Waals surface area contributed by atoms with Crippen LogP contribution in [0.5, 0.6) is 0 Å². The average molecular weight is 300 g/mol. The van der Waals surface area contributed by atoms with Gasteiger partial charge < -0.3 is 4.43 Å². The van der Waals surface area contributed by atoms with Crippen LogP contribution >= 0.6 is 0 Å². The molecule has 112 valence electrons. The van der Waals surface area contributed by atoms with Crippen molar-refractivity contribution < 1.29 is 9.22 Å². The molecular formula is C18H24O2Si. The summed E-state index contributed by atoms with van der Waals surface area (Å²) in [7, 11) is -2.06. The van der Waals surface area contributed by atoms with E-state index in [1.54, 1.807) is 6.92 Å². The number of Topliss-reactive ketones (excluding diaryl/α,β-unsaturated/α-hetero) is 1. The molecule has 1 unspecified atom stereocenters. The van der Waals surface area contributed by atoms with Gasteiger partial charge in [-0.3, -0.25) is 4.79 Å². The molecule has 0 amide bonds. The van der Waals surface area contributed by atoms with Crippen LogP contribution in [0.3, 0.4) is 0 Å². The Bertz CT molecular complexity index is 542. The van der Waals surface area contributed by atoms with E-state index in [0.29, 0.717) is 0 Å². The fourth-order valence-corrected chi connectivity index (χ4v) is 6.59. The molecule has 0 fully saturated rings. The minimum Gasteiger partial charge on any atom is -0.406 e. The summed E-state index contributed by atoms with van der Waals surface area (Å²) >= 11 is 0. The number of ketones is 1.